The van der Waals surface area contributed by atoms with Crippen LogP contribution in [0.5, 0.6) is 5.75 Å². The summed E-state index contributed by atoms with van der Waals surface area (Å²) in [7, 11) is 1.65. The average Bonchev–Trinajstić information content (AvgIpc) is 2.43. The van der Waals surface area contributed by atoms with Gasteiger partial charge in [0.15, 0.2) is 0 Å². The normalized spacial score (nSPS) is 12.4. The second-order valence-corrected chi connectivity index (χ2v) is 4.46. The highest BCUT2D eigenvalue weighted by atomic mass is 16.5. The molecule has 0 aliphatic rings. The van der Waals surface area contributed by atoms with Crippen LogP contribution in [0.25, 0.3) is 0 Å². The third-order valence-corrected chi connectivity index (χ3v) is 2.98. The number of rotatable bonds is 9. The number of hydrogen-bond donors (Lipinski definition) is 1. The van der Waals surface area contributed by atoms with Crippen LogP contribution in [0.3, 0.4) is 0 Å². The zero-order valence-corrected chi connectivity index (χ0v) is 11.4. The van der Waals surface area contributed by atoms with E-state index in [-0.39, 0.29) is 12.7 Å². The van der Waals surface area contributed by atoms with Crippen LogP contribution >= 0.6 is 0 Å². The number of aliphatic hydroxyl groups excluding tert-OH is 1. The number of unbranched alkanes of at least 4 members (excludes halogenated alkanes) is 2. The smallest absolute Gasteiger partial charge is 0.118 e. The van der Waals surface area contributed by atoms with Gasteiger partial charge in [0.25, 0.3) is 0 Å². The highest BCUT2D eigenvalue weighted by Crippen LogP contribution is 2.14. The molecular formula is C15H24O3. The second-order valence-electron chi connectivity index (χ2n) is 4.46. The van der Waals surface area contributed by atoms with E-state index in [1.54, 1.807) is 7.11 Å². The Bertz CT molecular complexity index is 308. The molecule has 0 unspecified atom stereocenters. The van der Waals surface area contributed by atoms with Crippen molar-refractivity contribution in [1.82, 2.24) is 0 Å². The maximum Gasteiger partial charge on any atom is 0.118 e. The molecule has 0 fully saturated rings. The molecule has 18 heavy (non-hydrogen) atoms. The summed E-state index contributed by atoms with van der Waals surface area (Å²) in [5, 5.41) is 9.24. The maximum atomic E-state index is 9.24. The minimum Gasteiger partial charge on any atom is -0.497 e. The molecule has 102 valence electrons. The number of methoxy groups -OCH3 is 1. The van der Waals surface area contributed by atoms with Gasteiger partial charge in [0.05, 0.1) is 26.4 Å². The van der Waals surface area contributed by atoms with Gasteiger partial charge < -0.3 is 14.6 Å². The third kappa shape index (κ3) is 5.52. The standard InChI is InChI=1S/C15H24O3/c1-3-4-5-6-15(11-16)18-12-13-7-9-14(17-2)10-8-13/h7-10,15-16H,3-6,11-12H2,1-2H3/t15-/m1/s1. The second kappa shape index (κ2) is 8.95. The fourth-order valence-corrected chi connectivity index (χ4v) is 1.79. The number of aliphatic hydroxyl groups is 1. The fourth-order valence-electron chi connectivity index (χ4n) is 1.79. The predicted molar refractivity (Wildman–Crippen MR) is 72.8 cm³/mol. The Hall–Kier alpha value is -1.06. The molecule has 0 amide bonds. The largest absolute Gasteiger partial charge is 0.497 e. The average molecular weight is 252 g/mol. The molecule has 3 nitrogen and oxygen atoms in total. The van der Waals surface area contributed by atoms with E-state index >= 15 is 0 Å². The van der Waals surface area contributed by atoms with Gasteiger partial charge in [-0.1, -0.05) is 38.3 Å². The molecule has 0 radical (unpaired) electrons. The molecule has 0 saturated carbocycles. The fraction of sp³-hybridized carbons (Fsp3) is 0.600. The lowest BCUT2D eigenvalue weighted by molar-refractivity contribution is -0.00343. The van der Waals surface area contributed by atoms with Gasteiger partial charge in [0.1, 0.15) is 5.75 Å². The van der Waals surface area contributed by atoms with Gasteiger partial charge in [-0.15, -0.1) is 0 Å². The highest BCUT2D eigenvalue weighted by Gasteiger charge is 2.07. The topological polar surface area (TPSA) is 38.7 Å². The molecule has 1 rings (SSSR count). The van der Waals surface area contributed by atoms with Crippen molar-refractivity contribution in [2.75, 3.05) is 13.7 Å². The summed E-state index contributed by atoms with van der Waals surface area (Å²) >= 11 is 0. The lowest BCUT2D eigenvalue weighted by Gasteiger charge is -2.15. The van der Waals surface area contributed by atoms with Gasteiger partial charge in [-0.2, -0.15) is 0 Å². The van der Waals surface area contributed by atoms with Crippen LogP contribution < -0.4 is 4.74 Å². The summed E-state index contributed by atoms with van der Waals surface area (Å²) in [6, 6.07) is 7.81. The first-order valence-corrected chi connectivity index (χ1v) is 6.65. The van der Waals surface area contributed by atoms with Crippen LogP contribution in [-0.2, 0) is 11.3 Å². The summed E-state index contributed by atoms with van der Waals surface area (Å²) in [6.07, 6.45) is 4.39. The molecule has 0 aromatic heterocycles. The molecule has 1 atom stereocenters. The van der Waals surface area contributed by atoms with Crippen LogP contribution in [-0.4, -0.2) is 24.9 Å². The molecule has 0 bridgehead atoms. The van der Waals surface area contributed by atoms with E-state index in [9.17, 15) is 5.11 Å². The Labute approximate surface area is 110 Å². The quantitative estimate of drug-likeness (QED) is 0.686. The Morgan fingerprint density at radius 1 is 1.17 bits per heavy atom. The van der Waals surface area contributed by atoms with Gasteiger partial charge >= 0.3 is 0 Å². The zero-order valence-electron chi connectivity index (χ0n) is 11.4. The van der Waals surface area contributed by atoms with Crippen LogP contribution in [0.4, 0.5) is 0 Å². The molecular weight excluding hydrogens is 228 g/mol. The Balaban J connectivity index is 2.32. The van der Waals surface area contributed by atoms with Gasteiger partial charge in [0.2, 0.25) is 0 Å². The molecule has 0 spiro atoms. The van der Waals surface area contributed by atoms with Gasteiger partial charge in [0, 0.05) is 0 Å². The number of hydrogen-bond acceptors (Lipinski definition) is 3. The van der Waals surface area contributed by atoms with Crippen molar-refractivity contribution < 1.29 is 14.6 Å². The highest BCUT2D eigenvalue weighted by molar-refractivity contribution is 5.26. The first-order chi connectivity index (χ1) is 8.80. The van der Waals surface area contributed by atoms with E-state index in [0.717, 1.165) is 24.2 Å². The van der Waals surface area contributed by atoms with Crippen molar-refractivity contribution in [1.29, 1.82) is 0 Å². The van der Waals surface area contributed by atoms with Crippen molar-refractivity contribution in [3.05, 3.63) is 29.8 Å². The van der Waals surface area contributed by atoms with Gasteiger partial charge in [-0.3, -0.25) is 0 Å². The summed E-state index contributed by atoms with van der Waals surface area (Å²) in [5.74, 6) is 0.848. The van der Waals surface area contributed by atoms with E-state index in [2.05, 4.69) is 6.92 Å². The van der Waals surface area contributed by atoms with Crippen molar-refractivity contribution in [2.45, 2.75) is 45.3 Å². The predicted octanol–water partition coefficient (Wildman–Crippen LogP) is 3.15. The van der Waals surface area contributed by atoms with E-state index in [1.165, 1.54) is 12.8 Å². The summed E-state index contributed by atoms with van der Waals surface area (Å²) < 4.78 is 10.8. The molecule has 0 saturated heterocycles. The Morgan fingerprint density at radius 2 is 1.89 bits per heavy atom. The number of ether oxygens (including phenoxy) is 2. The summed E-state index contributed by atoms with van der Waals surface area (Å²) in [6.45, 7) is 2.81. The molecule has 1 aromatic carbocycles. The SMILES string of the molecule is CCCCC[C@H](CO)OCc1ccc(OC)cc1. The lowest BCUT2D eigenvalue weighted by Crippen LogP contribution is -2.17. The lowest BCUT2D eigenvalue weighted by atomic mass is 10.1. The molecule has 1 aromatic rings. The van der Waals surface area contributed by atoms with E-state index in [4.69, 9.17) is 9.47 Å². The van der Waals surface area contributed by atoms with E-state index < -0.39 is 0 Å². The minimum absolute atomic E-state index is 0.0429. The Morgan fingerprint density at radius 3 is 2.44 bits per heavy atom. The summed E-state index contributed by atoms with van der Waals surface area (Å²) in [4.78, 5) is 0. The van der Waals surface area contributed by atoms with Gasteiger partial charge in [-0.25, -0.2) is 0 Å². The van der Waals surface area contributed by atoms with Crippen molar-refractivity contribution in [3.63, 3.8) is 0 Å². The van der Waals surface area contributed by atoms with Crippen LogP contribution in [0.2, 0.25) is 0 Å². The van der Waals surface area contributed by atoms with Crippen molar-refractivity contribution in [3.8, 4) is 5.75 Å². The maximum absolute atomic E-state index is 9.24. The molecule has 1 N–H and O–H groups in total. The monoisotopic (exact) mass is 252 g/mol. The minimum atomic E-state index is -0.0429. The molecule has 0 aliphatic heterocycles. The van der Waals surface area contributed by atoms with Crippen molar-refractivity contribution in [2.24, 2.45) is 0 Å². The summed E-state index contributed by atoms with van der Waals surface area (Å²) in [5.41, 5.74) is 1.10. The van der Waals surface area contributed by atoms with Crippen LogP contribution in [0.1, 0.15) is 38.2 Å². The Kier molecular flexibility index (Phi) is 7.46. The third-order valence-electron chi connectivity index (χ3n) is 2.98. The van der Waals surface area contributed by atoms with Crippen LogP contribution in [0.15, 0.2) is 24.3 Å². The van der Waals surface area contributed by atoms with Crippen LogP contribution in [0, 0.1) is 0 Å². The molecule has 0 heterocycles. The van der Waals surface area contributed by atoms with E-state index in [0.29, 0.717) is 6.61 Å². The zero-order chi connectivity index (χ0) is 13.2. The van der Waals surface area contributed by atoms with E-state index in [1.807, 2.05) is 24.3 Å². The van der Waals surface area contributed by atoms with Crippen molar-refractivity contribution >= 4 is 0 Å². The first-order valence-electron chi connectivity index (χ1n) is 6.65. The molecule has 3 heteroatoms. The molecule has 0 aliphatic carbocycles. The number of benzene rings is 1. The van der Waals surface area contributed by atoms with Gasteiger partial charge in [-0.05, 0) is 24.1 Å². The first kappa shape index (κ1) is 15.0.